The van der Waals surface area contributed by atoms with Gasteiger partial charge in [0.25, 0.3) is 11.8 Å². The lowest BCUT2D eigenvalue weighted by Crippen LogP contribution is -2.28. The molecular formula is C18H24N8O3. The van der Waals surface area contributed by atoms with E-state index in [1.165, 1.54) is 0 Å². The average molecular weight is 400 g/mol. The number of carbonyl (C=O) groups excluding carboxylic acids is 3. The molecule has 0 aromatic carbocycles. The Balaban J connectivity index is 1.63. The van der Waals surface area contributed by atoms with Crippen LogP contribution in [-0.2, 0) is 14.1 Å². The van der Waals surface area contributed by atoms with Crippen LogP contribution in [-0.4, -0.2) is 57.3 Å². The highest BCUT2D eigenvalue weighted by atomic mass is 16.2. The Morgan fingerprint density at radius 1 is 1.00 bits per heavy atom. The van der Waals surface area contributed by atoms with Crippen LogP contribution in [0.15, 0.2) is 24.5 Å². The zero-order valence-corrected chi connectivity index (χ0v) is 16.3. The summed E-state index contributed by atoms with van der Waals surface area (Å²) in [6.45, 7) is 1.74. The van der Waals surface area contributed by atoms with Crippen LogP contribution in [0.3, 0.4) is 0 Å². The number of anilines is 2. The topological polar surface area (TPSA) is 150 Å². The molecule has 1 saturated heterocycles. The van der Waals surface area contributed by atoms with E-state index >= 15 is 0 Å². The van der Waals surface area contributed by atoms with Crippen molar-refractivity contribution in [3.63, 3.8) is 0 Å². The minimum absolute atomic E-state index is 0.00224. The highest BCUT2D eigenvalue weighted by molar-refractivity contribution is 6.05. The first-order chi connectivity index (χ1) is 13.7. The van der Waals surface area contributed by atoms with E-state index in [0.29, 0.717) is 22.8 Å². The van der Waals surface area contributed by atoms with Gasteiger partial charge in [-0.2, -0.15) is 0 Å². The molecule has 0 spiro atoms. The number of amidine groups is 1. The number of aromatic nitrogens is 2. The predicted molar refractivity (Wildman–Crippen MR) is 108 cm³/mol. The number of urea groups is 1. The predicted octanol–water partition coefficient (Wildman–Crippen LogP) is 0.519. The summed E-state index contributed by atoms with van der Waals surface area (Å²) in [7, 11) is 3.40. The molecule has 3 rings (SSSR count). The molecule has 11 nitrogen and oxygen atoms in total. The second kappa shape index (κ2) is 8.09. The molecular weight excluding hydrogens is 376 g/mol. The minimum atomic E-state index is -0.367. The van der Waals surface area contributed by atoms with Crippen LogP contribution in [0, 0.1) is 5.41 Å². The zero-order valence-electron chi connectivity index (χ0n) is 16.3. The number of hydrogen-bond acceptors (Lipinski definition) is 4. The van der Waals surface area contributed by atoms with E-state index in [-0.39, 0.29) is 36.6 Å². The fourth-order valence-corrected chi connectivity index (χ4v) is 2.77. The van der Waals surface area contributed by atoms with Gasteiger partial charge in [-0.25, -0.2) is 4.79 Å². The van der Waals surface area contributed by atoms with Crippen molar-refractivity contribution in [2.24, 2.45) is 19.8 Å². The van der Waals surface area contributed by atoms with Crippen LogP contribution in [0.25, 0.3) is 0 Å². The van der Waals surface area contributed by atoms with E-state index in [9.17, 15) is 14.4 Å². The summed E-state index contributed by atoms with van der Waals surface area (Å²) in [6, 6.07) is 2.97. The second-order valence-corrected chi connectivity index (χ2v) is 6.85. The minimum Gasteiger partial charge on any atom is -0.388 e. The third kappa shape index (κ3) is 4.94. The van der Waals surface area contributed by atoms with E-state index < -0.39 is 0 Å². The molecule has 2 aromatic rings. The first kappa shape index (κ1) is 20.0. The molecule has 11 heteroatoms. The summed E-state index contributed by atoms with van der Waals surface area (Å²) >= 11 is 0. The van der Waals surface area contributed by atoms with E-state index in [1.54, 1.807) is 52.7 Å². The molecule has 0 saturated carbocycles. The largest absolute Gasteiger partial charge is 0.388 e. The zero-order chi connectivity index (χ0) is 21.1. The van der Waals surface area contributed by atoms with Gasteiger partial charge in [-0.3, -0.25) is 15.0 Å². The van der Waals surface area contributed by atoms with Crippen LogP contribution in [0.2, 0.25) is 0 Å². The number of hydrogen-bond donors (Lipinski definition) is 5. The molecule has 1 aliphatic heterocycles. The number of nitrogens with zero attached hydrogens (tertiary/aromatic N) is 3. The number of nitrogens with two attached hydrogens (primary N) is 1. The van der Waals surface area contributed by atoms with Crippen molar-refractivity contribution >= 4 is 35.1 Å². The van der Waals surface area contributed by atoms with Gasteiger partial charge < -0.3 is 35.7 Å². The molecule has 0 radical (unpaired) electrons. The Morgan fingerprint density at radius 2 is 1.55 bits per heavy atom. The molecule has 1 fully saturated rings. The molecule has 2 aromatic heterocycles. The number of rotatable bonds is 7. The summed E-state index contributed by atoms with van der Waals surface area (Å²) in [5, 5.41) is 15.3. The smallest absolute Gasteiger partial charge is 0.322 e. The summed E-state index contributed by atoms with van der Waals surface area (Å²) < 4.78 is 3.21. The molecule has 6 N–H and O–H groups in total. The van der Waals surface area contributed by atoms with Crippen molar-refractivity contribution in [2.45, 2.75) is 6.42 Å². The fourth-order valence-electron chi connectivity index (χ4n) is 2.77. The third-order valence-corrected chi connectivity index (χ3v) is 4.40. The maximum atomic E-state index is 12.6. The van der Waals surface area contributed by atoms with Crippen molar-refractivity contribution in [1.29, 1.82) is 5.41 Å². The molecule has 154 valence electrons. The third-order valence-electron chi connectivity index (χ3n) is 4.40. The van der Waals surface area contributed by atoms with Crippen LogP contribution in [0.1, 0.15) is 27.4 Å². The van der Waals surface area contributed by atoms with E-state index in [0.717, 1.165) is 13.1 Å². The van der Waals surface area contributed by atoms with Crippen LogP contribution in [0.5, 0.6) is 0 Å². The van der Waals surface area contributed by atoms with E-state index in [4.69, 9.17) is 11.1 Å². The Hall–Kier alpha value is -3.76. The molecule has 29 heavy (non-hydrogen) atoms. The molecule has 0 bridgehead atoms. The van der Waals surface area contributed by atoms with Crippen molar-refractivity contribution < 1.29 is 14.4 Å². The normalized spacial score (nSPS) is 12.4. The fraction of sp³-hybridized carbons (Fsp3) is 0.333. The summed E-state index contributed by atoms with van der Waals surface area (Å²) in [4.78, 5) is 38.3. The van der Waals surface area contributed by atoms with E-state index in [1.807, 2.05) is 0 Å². The van der Waals surface area contributed by atoms with Gasteiger partial charge in [0.05, 0.1) is 17.2 Å². The lowest BCUT2D eigenvalue weighted by Gasteiger charge is -2.04. The van der Waals surface area contributed by atoms with Gasteiger partial charge in [-0.05, 0) is 12.1 Å². The number of nitrogens with one attached hydrogen (secondary N) is 4. The van der Waals surface area contributed by atoms with Gasteiger partial charge in [0.15, 0.2) is 0 Å². The highest BCUT2D eigenvalue weighted by Crippen LogP contribution is 2.18. The number of aryl methyl sites for hydroxylation is 2. The lowest BCUT2D eigenvalue weighted by atomic mass is 10.3. The average Bonchev–Trinajstić information content (AvgIpc) is 3.34. The molecule has 0 aliphatic carbocycles. The number of carbonyl (C=O) groups is 3. The summed E-state index contributed by atoms with van der Waals surface area (Å²) in [5.41, 5.74) is 7.00. The Kier molecular flexibility index (Phi) is 5.57. The van der Waals surface area contributed by atoms with Gasteiger partial charge >= 0.3 is 6.03 Å². The Morgan fingerprint density at radius 3 is 2.10 bits per heavy atom. The maximum Gasteiger partial charge on any atom is 0.322 e. The quantitative estimate of drug-likeness (QED) is 0.261. The van der Waals surface area contributed by atoms with Crippen LogP contribution >= 0.6 is 0 Å². The number of amides is 4. The summed E-state index contributed by atoms with van der Waals surface area (Å²) in [6.07, 6.45) is 3.56. The van der Waals surface area contributed by atoms with Crippen molar-refractivity contribution in [3.05, 3.63) is 35.9 Å². The molecule has 1 aliphatic rings. The Bertz CT molecular complexity index is 970. The molecule has 4 amide bonds. The molecule has 0 unspecified atom stereocenters. The SMILES string of the molecule is Cn1cc(NC(=O)c2cc(NC(=O)N3CC3)cn2C)cc1C(=O)NCCC(=N)N. The second-order valence-electron chi connectivity index (χ2n) is 6.85. The van der Waals surface area contributed by atoms with Gasteiger partial charge in [-0.15, -0.1) is 0 Å². The van der Waals surface area contributed by atoms with Crippen molar-refractivity contribution in [1.82, 2.24) is 19.4 Å². The first-order valence-electron chi connectivity index (χ1n) is 9.05. The first-order valence-corrected chi connectivity index (χ1v) is 9.05. The van der Waals surface area contributed by atoms with Crippen molar-refractivity contribution in [3.8, 4) is 0 Å². The summed E-state index contributed by atoms with van der Waals surface area (Å²) in [5.74, 6) is -0.695. The van der Waals surface area contributed by atoms with Gasteiger partial charge in [0.1, 0.15) is 11.4 Å². The lowest BCUT2D eigenvalue weighted by molar-refractivity contribution is 0.0945. The molecule has 3 heterocycles. The van der Waals surface area contributed by atoms with Gasteiger partial charge in [-0.1, -0.05) is 0 Å². The van der Waals surface area contributed by atoms with Gasteiger partial charge in [0.2, 0.25) is 0 Å². The Labute approximate surface area is 167 Å². The van der Waals surface area contributed by atoms with Crippen LogP contribution in [0.4, 0.5) is 16.2 Å². The monoisotopic (exact) mass is 400 g/mol. The van der Waals surface area contributed by atoms with Gasteiger partial charge in [0, 0.05) is 52.5 Å². The van der Waals surface area contributed by atoms with Crippen molar-refractivity contribution in [2.75, 3.05) is 30.3 Å². The molecule has 0 atom stereocenters. The van der Waals surface area contributed by atoms with Crippen LogP contribution < -0.4 is 21.7 Å². The standard InChI is InChI=1S/C18H24N8O3/c1-24-9-11(7-13(24)16(27)21-4-3-15(19)20)22-17(28)14-8-12(10-25(14)2)23-18(29)26-5-6-26/h7-10H,3-6H2,1-2H3,(H3,19,20)(H,21,27)(H,22,28)(H,23,29). The highest BCUT2D eigenvalue weighted by Gasteiger charge is 2.24. The van der Waals surface area contributed by atoms with E-state index in [2.05, 4.69) is 16.0 Å². The maximum absolute atomic E-state index is 12.6.